The van der Waals surface area contributed by atoms with Gasteiger partial charge in [-0.2, -0.15) is 10.2 Å². The fourth-order valence-corrected chi connectivity index (χ4v) is 4.46. The van der Waals surface area contributed by atoms with Gasteiger partial charge in [0.2, 0.25) is 0 Å². The molecule has 2 aromatic heterocycles. The predicted molar refractivity (Wildman–Crippen MR) is 91.3 cm³/mol. The van der Waals surface area contributed by atoms with E-state index in [1.54, 1.807) is 0 Å². The van der Waals surface area contributed by atoms with Crippen LogP contribution >= 0.6 is 45.2 Å². The monoisotopic (exact) mass is 482 g/mol. The number of hydrogen-bond acceptors (Lipinski definition) is 2. The van der Waals surface area contributed by atoms with Crippen molar-refractivity contribution >= 4 is 45.2 Å². The van der Waals surface area contributed by atoms with Crippen molar-refractivity contribution in [3.8, 4) is 0 Å². The van der Waals surface area contributed by atoms with Gasteiger partial charge < -0.3 is 0 Å². The largest absolute Gasteiger partial charge is 0.281 e. The fraction of sp³-hybridized carbons (Fsp3) is 0.538. The standard InChI is InChI=1S/C7H9IN2.C6H7IN2/c1-10-6-4-2-3-5(6)7(8)9-10;7-6-4-2-1-3-5(4)8-9-6/h2-4H2,1H3;1-3H2,(H,8,9). The molecule has 4 nitrogen and oxygen atoms in total. The third-order valence-corrected chi connectivity index (χ3v) is 5.58. The molecule has 102 valence electrons. The highest BCUT2D eigenvalue weighted by Crippen LogP contribution is 2.25. The van der Waals surface area contributed by atoms with Gasteiger partial charge in [0.15, 0.2) is 0 Å². The molecule has 2 aliphatic carbocycles. The summed E-state index contributed by atoms with van der Waals surface area (Å²) in [6.07, 6.45) is 7.51. The van der Waals surface area contributed by atoms with Crippen molar-refractivity contribution in [3.63, 3.8) is 0 Å². The van der Waals surface area contributed by atoms with Crippen LogP contribution < -0.4 is 0 Å². The first-order chi connectivity index (χ1) is 9.16. The summed E-state index contributed by atoms with van der Waals surface area (Å²) in [5.41, 5.74) is 5.75. The third-order valence-electron chi connectivity index (χ3n) is 3.82. The number of aromatic amines is 1. The van der Waals surface area contributed by atoms with Crippen molar-refractivity contribution < 1.29 is 0 Å². The van der Waals surface area contributed by atoms with Crippen molar-refractivity contribution in [2.75, 3.05) is 0 Å². The van der Waals surface area contributed by atoms with E-state index in [0.29, 0.717) is 0 Å². The number of hydrogen-bond donors (Lipinski definition) is 1. The minimum absolute atomic E-state index is 1.17. The van der Waals surface area contributed by atoms with Crippen LogP contribution in [0.3, 0.4) is 0 Å². The van der Waals surface area contributed by atoms with Gasteiger partial charge in [-0.05, 0) is 83.7 Å². The second-order valence-electron chi connectivity index (χ2n) is 5.02. The summed E-state index contributed by atoms with van der Waals surface area (Å²) in [5.74, 6) is 0. The molecule has 0 saturated carbocycles. The zero-order valence-electron chi connectivity index (χ0n) is 10.8. The van der Waals surface area contributed by atoms with Gasteiger partial charge >= 0.3 is 0 Å². The second kappa shape index (κ2) is 5.71. The molecule has 0 radical (unpaired) electrons. The Hall–Kier alpha value is -0.120. The quantitative estimate of drug-likeness (QED) is 0.588. The summed E-state index contributed by atoms with van der Waals surface area (Å²) < 4.78 is 4.39. The lowest BCUT2D eigenvalue weighted by atomic mass is 10.3. The van der Waals surface area contributed by atoms with Gasteiger partial charge in [0.05, 0.1) is 0 Å². The smallest absolute Gasteiger partial charge is 0.126 e. The van der Waals surface area contributed by atoms with Gasteiger partial charge in [0, 0.05) is 29.6 Å². The van der Waals surface area contributed by atoms with Crippen LogP contribution in [0.4, 0.5) is 0 Å². The topological polar surface area (TPSA) is 46.5 Å². The molecule has 0 fully saturated rings. The minimum atomic E-state index is 1.17. The van der Waals surface area contributed by atoms with E-state index in [-0.39, 0.29) is 0 Å². The number of aryl methyl sites for hydroxylation is 2. The van der Waals surface area contributed by atoms with Gasteiger partial charge in [0.1, 0.15) is 7.40 Å². The third kappa shape index (κ3) is 2.70. The Morgan fingerprint density at radius 1 is 1.00 bits per heavy atom. The van der Waals surface area contributed by atoms with E-state index in [1.807, 2.05) is 11.7 Å². The number of H-pyrrole nitrogens is 1. The van der Waals surface area contributed by atoms with Crippen LogP contribution in [0, 0.1) is 7.40 Å². The molecule has 0 amide bonds. The molecule has 19 heavy (non-hydrogen) atoms. The molecular formula is C13H16I2N4. The molecule has 0 atom stereocenters. The zero-order chi connectivity index (χ0) is 13.4. The molecule has 0 aromatic carbocycles. The lowest BCUT2D eigenvalue weighted by Gasteiger charge is -1.92. The average Bonchev–Trinajstić information content (AvgIpc) is 3.09. The number of aromatic nitrogens is 4. The van der Waals surface area contributed by atoms with Crippen LogP contribution in [0.2, 0.25) is 0 Å². The maximum Gasteiger partial charge on any atom is 0.126 e. The van der Waals surface area contributed by atoms with Crippen LogP contribution in [0.25, 0.3) is 0 Å². The Bertz CT molecular complexity index is 576. The molecule has 4 rings (SSSR count). The number of nitrogens with zero attached hydrogens (tertiary/aromatic N) is 3. The van der Waals surface area contributed by atoms with E-state index in [1.165, 1.54) is 68.4 Å². The van der Waals surface area contributed by atoms with Gasteiger partial charge in [-0.1, -0.05) is 0 Å². The molecule has 0 saturated heterocycles. The predicted octanol–water partition coefficient (Wildman–Crippen LogP) is 3.02. The summed E-state index contributed by atoms with van der Waals surface area (Å²) in [5, 5.41) is 11.5. The minimum Gasteiger partial charge on any atom is -0.281 e. The molecule has 0 unspecified atom stereocenters. The van der Waals surface area contributed by atoms with E-state index in [9.17, 15) is 0 Å². The highest BCUT2D eigenvalue weighted by molar-refractivity contribution is 14.1. The Kier molecular flexibility index (Phi) is 4.16. The van der Waals surface area contributed by atoms with Gasteiger partial charge in [-0.3, -0.25) is 9.78 Å². The van der Waals surface area contributed by atoms with Crippen molar-refractivity contribution in [2.45, 2.75) is 38.5 Å². The molecule has 2 aliphatic rings. The number of fused-ring (bicyclic) bond motifs is 2. The van der Waals surface area contributed by atoms with Gasteiger partial charge in [-0.25, -0.2) is 0 Å². The first-order valence-corrected chi connectivity index (χ1v) is 8.74. The van der Waals surface area contributed by atoms with Crippen LogP contribution in [-0.4, -0.2) is 20.0 Å². The molecule has 2 heterocycles. The summed E-state index contributed by atoms with van der Waals surface area (Å²) in [6.45, 7) is 0. The van der Waals surface area contributed by atoms with Crippen molar-refractivity contribution in [1.82, 2.24) is 20.0 Å². The lowest BCUT2D eigenvalue weighted by molar-refractivity contribution is 0.700. The van der Waals surface area contributed by atoms with Crippen molar-refractivity contribution in [1.29, 1.82) is 0 Å². The van der Waals surface area contributed by atoms with Crippen molar-refractivity contribution in [2.24, 2.45) is 7.05 Å². The fourth-order valence-electron chi connectivity index (χ4n) is 2.84. The molecule has 6 heteroatoms. The molecule has 0 bridgehead atoms. The first kappa shape index (κ1) is 13.8. The van der Waals surface area contributed by atoms with E-state index in [2.05, 4.69) is 60.5 Å². The number of rotatable bonds is 0. The van der Waals surface area contributed by atoms with E-state index in [4.69, 9.17) is 0 Å². The molecule has 2 aromatic rings. The average molecular weight is 482 g/mol. The normalized spacial score (nSPS) is 15.9. The Morgan fingerprint density at radius 2 is 1.74 bits per heavy atom. The molecular weight excluding hydrogens is 466 g/mol. The highest BCUT2D eigenvalue weighted by atomic mass is 127. The SMILES string of the molecule is Cn1nc(I)c2c1CCC2.Ic1n[nH]c2c1CCC2. The van der Waals surface area contributed by atoms with Crippen LogP contribution in [0.5, 0.6) is 0 Å². The van der Waals surface area contributed by atoms with Crippen LogP contribution in [-0.2, 0) is 32.7 Å². The van der Waals surface area contributed by atoms with E-state index in [0.717, 1.165) is 0 Å². The van der Waals surface area contributed by atoms with E-state index < -0.39 is 0 Å². The van der Waals surface area contributed by atoms with Crippen LogP contribution in [0.15, 0.2) is 0 Å². The first-order valence-electron chi connectivity index (χ1n) is 6.58. The summed E-state index contributed by atoms with van der Waals surface area (Å²) in [4.78, 5) is 0. The van der Waals surface area contributed by atoms with Crippen LogP contribution in [0.1, 0.15) is 35.4 Å². The Labute approximate surface area is 140 Å². The van der Waals surface area contributed by atoms with Gasteiger partial charge in [0.25, 0.3) is 0 Å². The summed E-state index contributed by atoms with van der Waals surface area (Å²) >= 11 is 4.59. The van der Waals surface area contributed by atoms with E-state index >= 15 is 0 Å². The Balaban J connectivity index is 0.000000117. The number of halogens is 2. The maximum atomic E-state index is 4.34. The maximum absolute atomic E-state index is 4.34. The highest BCUT2D eigenvalue weighted by Gasteiger charge is 2.18. The van der Waals surface area contributed by atoms with Gasteiger partial charge in [-0.15, -0.1) is 0 Å². The summed E-state index contributed by atoms with van der Waals surface area (Å²) in [6, 6.07) is 0. The molecule has 0 spiro atoms. The molecule has 0 aliphatic heterocycles. The number of nitrogens with one attached hydrogen (secondary N) is 1. The Morgan fingerprint density at radius 3 is 2.47 bits per heavy atom. The summed E-state index contributed by atoms with van der Waals surface area (Å²) in [7, 11) is 2.03. The molecule has 1 N–H and O–H groups in total. The second-order valence-corrected chi connectivity index (χ2v) is 7.06. The lowest BCUT2D eigenvalue weighted by Crippen LogP contribution is -1.95. The zero-order valence-corrected chi connectivity index (χ0v) is 15.2. The van der Waals surface area contributed by atoms with Crippen molar-refractivity contribution in [3.05, 3.63) is 29.9 Å².